The maximum absolute atomic E-state index is 11.8. The van der Waals surface area contributed by atoms with Crippen molar-refractivity contribution in [2.24, 2.45) is 0 Å². The van der Waals surface area contributed by atoms with Crippen molar-refractivity contribution in [2.45, 2.75) is 52.5 Å². The number of rotatable bonds is 1. The van der Waals surface area contributed by atoms with Gasteiger partial charge in [0.1, 0.15) is 5.76 Å². The van der Waals surface area contributed by atoms with E-state index in [0.717, 1.165) is 5.76 Å². The Balaban J connectivity index is 2.83. The fourth-order valence-corrected chi connectivity index (χ4v) is 1.27. The van der Waals surface area contributed by atoms with E-state index in [4.69, 9.17) is 4.42 Å². The normalized spacial score (nSPS) is 12.6. The maximum Gasteiger partial charge on any atom is 0.287 e. The molecule has 1 aromatic heterocycles. The van der Waals surface area contributed by atoms with Crippen molar-refractivity contribution in [3.8, 4) is 0 Å². The number of hydrogen-bond donors (Lipinski definition) is 1. The smallest absolute Gasteiger partial charge is 0.287 e. The zero-order valence-electron chi connectivity index (χ0n) is 11.0. The molecule has 0 unspecified atom stereocenters. The molecule has 0 bridgehead atoms. The van der Waals surface area contributed by atoms with Gasteiger partial charge in [0.15, 0.2) is 5.76 Å². The van der Waals surface area contributed by atoms with Crippen molar-refractivity contribution in [3.05, 3.63) is 23.7 Å². The highest BCUT2D eigenvalue weighted by atomic mass is 16.4. The minimum Gasteiger partial charge on any atom is -0.455 e. The molecule has 16 heavy (non-hydrogen) atoms. The van der Waals surface area contributed by atoms with Gasteiger partial charge in [-0.25, -0.2) is 0 Å². The molecule has 1 amide bonds. The standard InChI is InChI=1S/C13H21NO2/c1-12(2,3)10-8-7-9(16-10)11(15)14-13(4,5)6/h7-8H,1-6H3,(H,14,15). The summed E-state index contributed by atoms with van der Waals surface area (Å²) < 4.78 is 5.54. The zero-order chi connectivity index (χ0) is 12.6. The first-order chi connectivity index (χ1) is 7.09. The van der Waals surface area contributed by atoms with Crippen molar-refractivity contribution in [3.63, 3.8) is 0 Å². The van der Waals surface area contributed by atoms with Gasteiger partial charge < -0.3 is 9.73 Å². The Kier molecular flexibility index (Phi) is 3.17. The molecule has 3 nitrogen and oxygen atoms in total. The van der Waals surface area contributed by atoms with E-state index in [-0.39, 0.29) is 16.9 Å². The van der Waals surface area contributed by atoms with Gasteiger partial charge in [-0.2, -0.15) is 0 Å². The summed E-state index contributed by atoms with van der Waals surface area (Å²) in [5, 5.41) is 2.87. The van der Waals surface area contributed by atoms with Crippen LogP contribution in [0.1, 0.15) is 57.9 Å². The second-order valence-electron chi connectivity index (χ2n) is 6.12. The lowest BCUT2D eigenvalue weighted by molar-refractivity contribution is 0.0887. The van der Waals surface area contributed by atoms with Crippen LogP contribution in [0.4, 0.5) is 0 Å². The van der Waals surface area contributed by atoms with Crippen LogP contribution in [0.25, 0.3) is 0 Å². The third-order valence-electron chi connectivity index (χ3n) is 2.06. The lowest BCUT2D eigenvalue weighted by Gasteiger charge is -2.19. The number of carbonyl (C=O) groups is 1. The van der Waals surface area contributed by atoms with E-state index in [1.165, 1.54) is 0 Å². The van der Waals surface area contributed by atoms with E-state index in [2.05, 4.69) is 26.1 Å². The summed E-state index contributed by atoms with van der Waals surface area (Å²) in [6, 6.07) is 3.58. The summed E-state index contributed by atoms with van der Waals surface area (Å²) >= 11 is 0. The number of carbonyl (C=O) groups excluding carboxylic acids is 1. The highest BCUT2D eigenvalue weighted by Crippen LogP contribution is 2.24. The highest BCUT2D eigenvalue weighted by molar-refractivity contribution is 5.91. The van der Waals surface area contributed by atoms with E-state index in [0.29, 0.717) is 5.76 Å². The van der Waals surface area contributed by atoms with Gasteiger partial charge >= 0.3 is 0 Å². The monoisotopic (exact) mass is 223 g/mol. The van der Waals surface area contributed by atoms with Crippen LogP contribution < -0.4 is 5.32 Å². The first-order valence-corrected chi connectivity index (χ1v) is 5.52. The summed E-state index contributed by atoms with van der Waals surface area (Å²) in [7, 11) is 0. The van der Waals surface area contributed by atoms with Gasteiger partial charge in [0.25, 0.3) is 5.91 Å². The molecule has 90 valence electrons. The summed E-state index contributed by atoms with van der Waals surface area (Å²) in [5.41, 5.74) is -0.313. The molecule has 1 aromatic rings. The molecule has 1 heterocycles. The van der Waals surface area contributed by atoms with Gasteiger partial charge in [0, 0.05) is 11.0 Å². The molecule has 0 aliphatic rings. The largest absolute Gasteiger partial charge is 0.455 e. The average molecular weight is 223 g/mol. The number of amides is 1. The van der Waals surface area contributed by atoms with Crippen LogP contribution >= 0.6 is 0 Å². The van der Waals surface area contributed by atoms with Gasteiger partial charge in [-0.1, -0.05) is 20.8 Å². The molecule has 0 saturated carbocycles. The predicted octanol–water partition coefficient (Wildman–Crippen LogP) is 3.11. The molecule has 0 aliphatic carbocycles. The predicted molar refractivity (Wildman–Crippen MR) is 64.6 cm³/mol. The van der Waals surface area contributed by atoms with Gasteiger partial charge in [-0.15, -0.1) is 0 Å². The molecule has 3 heteroatoms. The Hall–Kier alpha value is -1.25. The van der Waals surface area contributed by atoms with Crippen molar-refractivity contribution < 1.29 is 9.21 Å². The minimum absolute atomic E-state index is 0.0692. The van der Waals surface area contributed by atoms with Gasteiger partial charge in [0.05, 0.1) is 0 Å². The highest BCUT2D eigenvalue weighted by Gasteiger charge is 2.22. The Morgan fingerprint density at radius 2 is 1.69 bits per heavy atom. The Labute approximate surface area is 97.2 Å². The summed E-state index contributed by atoms with van der Waals surface area (Å²) in [4.78, 5) is 11.8. The van der Waals surface area contributed by atoms with Crippen LogP contribution in [0.2, 0.25) is 0 Å². The van der Waals surface area contributed by atoms with Crippen molar-refractivity contribution in [2.75, 3.05) is 0 Å². The van der Waals surface area contributed by atoms with Crippen molar-refractivity contribution >= 4 is 5.91 Å². The van der Waals surface area contributed by atoms with Crippen molar-refractivity contribution in [1.82, 2.24) is 5.32 Å². The van der Waals surface area contributed by atoms with E-state index < -0.39 is 0 Å². The van der Waals surface area contributed by atoms with Crippen molar-refractivity contribution in [1.29, 1.82) is 0 Å². The number of furan rings is 1. The topological polar surface area (TPSA) is 42.2 Å². The Bertz CT molecular complexity index is 377. The lowest BCUT2D eigenvalue weighted by Crippen LogP contribution is -2.40. The molecule has 0 saturated heterocycles. The Morgan fingerprint density at radius 1 is 1.12 bits per heavy atom. The van der Waals surface area contributed by atoms with E-state index >= 15 is 0 Å². The van der Waals surface area contributed by atoms with Crippen LogP contribution in [0, 0.1) is 0 Å². The fraction of sp³-hybridized carbons (Fsp3) is 0.615. The van der Waals surface area contributed by atoms with Gasteiger partial charge in [-0.3, -0.25) is 4.79 Å². The van der Waals surface area contributed by atoms with Gasteiger partial charge in [0.2, 0.25) is 0 Å². The average Bonchev–Trinajstić information content (AvgIpc) is 2.46. The second kappa shape index (κ2) is 3.96. The molecule has 1 N–H and O–H groups in total. The third-order valence-corrected chi connectivity index (χ3v) is 2.06. The second-order valence-corrected chi connectivity index (χ2v) is 6.12. The van der Waals surface area contributed by atoms with Crippen LogP contribution in [0.3, 0.4) is 0 Å². The first kappa shape index (κ1) is 12.8. The first-order valence-electron chi connectivity index (χ1n) is 5.52. The molecule has 0 spiro atoms. The van der Waals surface area contributed by atoms with E-state index in [1.807, 2.05) is 26.8 Å². The number of nitrogens with one attached hydrogen (secondary N) is 1. The zero-order valence-corrected chi connectivity index (χ0v) is 11.0. The molecular weight excluding hydrogens is 202 g/mol. The summed E-state index contributed by atoms with van der Waals surface area (Å²) in [5.74, 6) is 1.04. The van der Waals surface area contributed by atoms with E-state index in [1.54, 1.807) is 6.07 Å². The fourth-order valence-electron chi connectivity index (χ4n) is 1.27. The molecule has 0 fully saturated rings. The summed E-state index contributed by atoms with van der Waals surface area (Å²) in [6.45, 7) is 12.0. The quantitative estimate of drug-likeness (QED) is 0.795. The Morgan fingerprint density at radius 3 is 2.06 bits per heavy atom. The SMILES string of the molecule is CC(C)(C)NC(=O)c1ccc(C(C)(C)C)o1. The van der Waals surface area contributed by atoms with E-state index in [9.17, 15) is 4.79 Å². The minimum atomic E-state index is -0.244. The molecule has 0 radical (unpaired) electrons. The molecule has 0 aliphatic heterocycles. The van der Waals surface area contributed by atoms with Gasteiger partial charge in [-0.05, 0) is 32.9 Å². The molecule has 0 atom stereocenters. The maximum atomic E-state index is 11.8. The molecule has 0 aromatic carbocycles. The van der Waals surface area contributed by atoms with Crippen LogP contribution in [-0.4, -0.2) is 11.4 Å². The van der Waals surface area contributed by atoms with Crippen LogP contribution in [0.5, 0.6) is 0 Å². The lowest BCUT2D eigenvalue weighted by atomic mass is 9.94. The summed E-state index contributed by atoms with van der Waals surface area (Å²) in [6.07, 6.45) is 0. The molecule has 1 rings (SSSR count). The van der Waals surface area contributed by atoms with Crippen LogP contribution in [-0.2, 0) is 5.41 Å². The number of hydrogen-bond acceptors (Lipinski definition) is 2. The third kappa shape index (κ3) is 3.40. The molecular formula is C13H21NO2. The van der Waals surface area contributed by atoms with Crippen LogP contribution in [0.15, 0.2) is 16.5 Å².